The lowest BCUT2D eigenvalue weighted by Gasteiger charge is -2.25. The van der Waals surface area contributed by atoms with E-state index < -0.39 is 0 Å². The fourth-order valence-electron chi connectivity index (χ4n) is 4.68. The second-order valence-electron chi connectivity index (χ2n) is 9.30. The van der Waals surface area contributed by atoms with Gasteiger partial charge in [0.2, 0.25) is 0 Å². The van der Waals surface area contributed by atoms with E-state index in [9.17, 15) is 0 Å². The third-order valence-corrected chi connectivity index (χ3v) is 7.98. The van der Waals surface area contributed by atoms with Crippen molar-refractivity contribution in [3.8, 4) is 0 Å². The number of aryl methyl sites for hydroxylation is 3. The summed E-state index contributed by atoms with van der Waals surface area (Å²) in [5.41, 5.74) is 7.27. The van der Waals surface area contributed by atoms with Gasteiger partial charge in [-0.3, -0.25) is 0 Å². The number of benzene rings is 2. The molecule has 1 saturated heterocycles. The van der Waals surface area contributed by atoms with Crippen LogP contribution in [0.2, 0.25) is 0 Å². The van der Waals surface area contributed by atoms with E-state index in [1.165, 1.54) is 59.3 Å². The molecule has 2 aromatic heterocycles. The van der Waals surface area contributed by atoms with Gasteiger partial charge >= 0.3 is 0 Å². The van der Waals surface area contributed by atoms with Gasteiger partial charge in [0.05, 0.1) is 15.9 Å². The maximum Gasteiger partial charge on any atom is 0.130 e. The number of nitrogens with zero attached hydrogens (tertiary/aromatic N) is 5. The van der Waals surface area contributed by atoms with E-state index in [0.29, 0.717) is 0 Å². The van der Waals surface area contributed by atoms with Crippen molar-refractivity contribution in [1.29, 1.82) is 0 Å². The molecule has 1 atom stereocenters. The fraction of sp³-hybridized carbons (Fsp3) is 0.444. The summed E-state index contributed by atoms with van der Waals surface area (Å²) >= 11 is 1.77. The van der Waals surface area contributed by atoms with Crippen LogP contribution in [0.3, 0.4) is 0 Å². The number of thiazole rings is 1. The number of hydrogen-bond acceptors (Lipinski definition) is 5. The van der Waals surface area contributed by atoms with Crippen LogP contribution in [0, 0.1) is 13.8 Å². The first-order valence-corrected chi connectivity index (χ1v) is 13.0. The fourth-order valence-corrected chi connectivity index (χ4v) is 5.83. The first-order valence-electron chi connectivity index (χ1n) is 12.2. The molecule has 33 heavy (non-hydrogen) atoms. The Morgan fingerprint density at radius 2 is 1.85 bits per heavy atom. The summed E-state index contributed by atoms with van der Waals surface area (Å²) in [5, 5.41) is 10.2. The number of rotatable bonds is 7. The predicted octanol–water partition coefficient (Wildman–Crippen LogP) is 5.73. The molecule has 5 rings (SSSR count). The molecule has 4 aromatic rings. The molecular formula is C27H33N5S. The monoisotopic (exact) mass is 459 g/mol. The Labute approximate surface area is 200 Å². The van der Waals surface area contributed by atoms with E-state index in [-0.39, 0.29) is 6.04 Å². The first kappa shape index (κ1) is 22.2. The summed E-state index contributed by atoms with van der Waals surface area (Å²) in [6.07, 6.45) is 8.12. The van der Waals surface area contributed by atoms with E-state index in [1.807, 2.05) is 4.68 Å². The molecule has 172 valence electrons. The topological polar surface area (TPSA) is 46.8 Å². The second-order valence-corrected chi connectivity index (χ2v) is 10.4. The van der Waals surface area contributed by atoms with Gasteiger partial charge in [-0.1, -0.05) is 42.8 Å². The van der Waals surface area contributed by atoms with E-state index in [2.05, 4.69) is 78.6 Å². The zero-order chi connectivity index (χ0) is 22.8. The zero-order valence-electron chi connectivity index (χ0n) is 19.9. The number of aromatic nitrogens is 4. The van der Waals surface area contributed by atoms with Crippen LogP contribution in [-0.4, -0.2) is 44.5 Å². The standard InChI is InChI=1S/C27H33N5S/c1-4-21-9-11-24-25(17-21)33-27(28-24)26(22-10-8-19(2)20(3)16-22)32-18-23(29-30-32)12-15-31-13-6-5-7-14-31/h8-11,16-18,26H,4-7,12-15H2,1-3H3. The Morgan fingerprint density at radius 3 is 2.64 bits per heavy atom. The first-order chi connectivity index (χ1) is 16.1. The van der Waals surface area contributed by atoms with Crippen molar-refractivity contribution in [2.24, 2.45) is 0 Å². The lowest BCUT2D eigenvalue weighted by atomic mass is 10.0. The molecule has 0 amide bonds. The van der Waals surface area contributed by atoms with Crippen LogP contribution in [-0.2, 0) is 12.8 Å². The highest BCUT2D eigenvalue weighted by Gasteiger charge is 2.23. The molecule has 1 fully saturated rings. The van der Waals surface area contributed by atoms with Crippen molar-refractivity contribution in [1.82, 2.24) is 24.9 Å². The molecule has 5 nitrogen and oxygen atoms in total. The van der Waals surface area contributed by atoms with Crippen molar-refractivity contribution in [3.05, 3.63) is 75.6 Å². The molecule has 0 spiro atoms. The molecule has 1 unspecified atom stereocenters. The van der Waals surface area contributed by atoms with Crippen molar-refractivity contribution in [3.63, 3.8) is 0 Å². The van der Waals surface area contributed by atoms with E-state index in [1.54, 1.807) is 11.3 Å². The molecule has 0 radical (unpaired) electrons. The van der Waals surface area contributed by atoms with Crippen LogP contribution in [0.15, 0.2) is 42.6 Å². The van der Waals surface area contributed by atoms with E-state index in [0.717, 1.165) is 35.6 Å². The van der Waals surface area contributed by atoms with Crippen molar-refractivity contribution < 1.29 is 0 Å². The zero-order valence-corrected chi connectivity index (χ0v) is 20.7. The second kappa shape index (κ2) is 9.74. The van der Waals surface area contributed by atoms with Crippen molar-refractivity contribution >= 4 is 21.6 Å². The minimum Gasteiger partial charge on any atom is -0.303 e. The molecule has 6 heteroatoms. The Balaban J connectivity index is 1.48. The van der Waals surface area contributed by atoms with Crippen molar-refractivity contribution in [2.45, 2.75) is 58.9 Å². The maximum absolute atomic E-state index is 5.04. The van der Waals surface area contributed by atoms with Crippen LogP contribution in [0.5, 0.6) is 0 Å². The van der Waals surface area contributed by atoms with Gasteiger partial charge in [-0.05, 0) is 80.6 Å². The number of fused-ring (bicyclic) bond motifs is 1. The highest BCUT2D eigenvalue weighted by molar-refractivity contribution is 7.18. The van der Waals surface area contributed by atoms with Crippen LogP contribution in [0.1, 0.15) is 65.2 Å². The number of hydrogen-bond donors (Lipinski definition) is 0. The van der Waals surface area contributed by atoms with Gasteiger partial charge in [-0.25, -0.2) is 9.67 Å². The van der Waals surface area contributed by atoms with Gasteiger partial charge in [0.25, 0.3) is 0 Å². The Bertz CT molecular complexity index is 1230. The van der Waals surface area contributed by atoms with Gasteiger partial charge in [0.15, 0.2) is 0 Å². The van der Waals surface area contributed by atoms with E-state index in [4.69, 9.17) is 4.98 Å². The lowest BCUT2D eigenvalue weighted by molar-refractivity contribution is 0.231. The molecule has 2 aromatic carbocycles. The Morgan fingerprint density at radius 1 is 1.00 bits per heavy atom. The summed E-state index contributed by atoms with van der Waals surface area (Å²) in [5.74, 6) is 0. The number of piperidine rings is 1. The molecule has 0 bridgehead atoms. The van der Waals surface area contributed by atoms with Crippen LogP contribution in [0.4, 0.5) is 0 Å². The average molecular weight is 460 g/mol. The third kappa shape index (κ3) is 4.87. The molecule has 3 heterocycles. The SMILES string of the molecule is CCc1ccc2nc(C(c3ccc(C)c(C)c3)n3cc(CCN4CCCCC4)nn3)sc2c1. The summed E-state index contributed by atoms with van der Waals surface area (Å²) in [6, 6.07) is 13.2. The van der Waals surface area contributed by atoms with E-state index >= 15 is 0 Å². The van der Waals surface area contributed by atoms with Crippen LogP contribution >= 0.6 is 11.3 Å². The van der Waals surface area contributed by atoms with Gasteiger partial charge in [-0.15, -0.1) is 16.4 Å². The number of likely N-dealkylation sites (tertiary alicyclic amines) is 1. The Kier molecular flexibility index (Phi) is 6.56. The molecule has 1 aliphatic rings. The van der Waals surface area contributed by atoms with Crippen molar-refractivity contribution in [2.75, 3.05) is 19.6 Å². The maximum atomic E-state index is 5.04. The van der Waals surface area contributed by atoms with Gasteiger partial charge in [0.1, 0.15) is 11.0 Å². The normalized spacial score (nSPS) is 15.8. The average Bonchev–Trinajstić information content (AvgIpc) is 3.47. The quantitative estimate of drug-likeness (QED) is 0.354. The molecule has 1 aliphatic heterocycles. The predicted molar refractivity (Wildman–Crippen MR) is 136 cm³/mol. The summed E-state index contributed by atoms with van der Waals surface area (Å²) < 4.78 is 3.26. The third-order valence-electron chi connectivity index (χ3n) is 6.91. The minimum absolute atomic E-state index is 0.0667. The molecular weight excluding hydrogens is 426 g/mol. The summed E-state index contributed by atoms with van der Waals surface area (Å²) in [7, 11) is 0. The molecule has 0 saturated carbocycles. The van der Waals surface area contributed by atoms with Gasteiger partial charge in [-0.2, -0.15) is 0 Å². The molecule has 0 aliphatic carbocycles. The van der Waals surface area contributed by atoms with Crippen LogP contribution in [0.25, 0.3) is 10.2 Å². The summed E-state index contributed by atoms with van der Waals surface area (Å²) in [6.45, 7) is 10.0. The Hall–Kier alpha value is -2.57. The van der Waals surface area contributed by atoms with Crippen LogP contribution < -0.4 is 0 Å². The smallest absolute Gasteiger partial charge is 0.130 e. The lowest BCUT2D eigenvalue weighted by Crippen LogP contribution is -2.31. The highest BCUT2D eigenvalue weighted by Crippen LogP contribution is 2.34. The molecule has 0 N–H and O–H groups in total. The largest absolute Gasteiger partial charge is 0.303 e. The minimum atomic E-state index is -0.0667. The highest BCUT2D eigenvalue weighted by atomic mass is 32.1. The van der Waals surface area contributed by atoms with Gasteiger partial charge in [0, 0.05) is 19.2 Å². The van der Waals surface area contributed by atoms with Gasteiger partial charge < -0.3 is 4.90 Å². The summed E-state index contributed by atoms with van der Waals surface area (Å²) in [4.78, 5) is 7.60.